The number of hydrogen-bond acceptors (Lipinski definition) is 8. The first kappa shape index (κ1) is 14.8. The molecule has 0 amide bonds. The van der Waals surface area contributed by atoms with Gasteiger partial charge in [-0.1, -0.05) is 0 Å². The number of ether oxygens (including phenoxy) is 3. The van der Waals surface area contributed by atoms with Crippen molar-refractivity contribution in [3.8, 4) is 0 Å². The molecule has 1 heterocycles. The van der Waals surface area contributed by atoms with Crippen molar-refractivity contribution in [2.75, 3.05) is 6.61 Å². The Morgan fingerprint density at radius 2 is 1.83 bits per heavy atom. The summed E-state index contributed by atoms with van der Waals surface area (Å²) in [6, 6.07) is -1.07. The second-order valence-electron chi connectivity index (χ2n) is 4.01. The van der Waals surface area contributed by atoms with Crippen molar-refractivity contribution in [2.45, 2.75) is 44.5 Å². The van der Waals surface area contributed by atoms with Crippen molar-refractivity contribution in [1.29, 1.82) is 0 Å². The van der Waals surface area contributed by atoms with Gasteiger partial charge in [0.2, 0.25) is 6.29 Å². The van der Waals surface area contributed by atoms with E-state index in [4.69, 9.17) is 15.2 Å². The summed E-state index contributed by atoms with van der Waals surface area (Å²) in [6.07, 6.45) is -4.87. The van der Waals surface area contributed by atoms with Gasteiger partial charge in [0.05, 0.1) is 6.04 Å². The molecule has 1 aliphatic heterocycles. The van der Waals surface area contributed by atoms with E-state index in [1.165, 1.54) is 6.92 Å². The summed E-state index contributed by atoms with van der Waals surface area (Å²) in [7, 11) is 0. The maximum atomic E-state index is 10.8. The van der Waals surface area contributed by atoms with Gasteiger partial charge in [-0.2, -0.15) is 0 Å². The molecule has 8 nitrogen and oxygen atoms in total. The van der Waals surface area contributed by atoms with E-state index in [0.29, 0.717) is 0 Å². The number of hydrogen-bond donors (Lipinski definition) is 3. The molecule has 0 aromatic heterocycles. The van der Waals surface area contributed by atoms with E-state index in [-0.39, 0.29) is 6.61 Å². The number of rotatable bonds is 3. The first-order valence-corrected chi connectivity index (χ1v) is 5.40. The minimum atomic E-state index is -1.34. The molecule has 5 atom stereocenters. The number of carbonyl (C=O) groups is 2. The summed E-state index contributed by atoms with van der Waals surface area (Å²) in [6.45, 7) is 2.09. The van der Waals surface area contributed by atoms with Crippen molar-refractivity contribution >= 4 is 11.9 Å². The minimum absolute atomic E-state index is 0.266. The molecule has 4 N–H and O–H groups in total. The Bertz CT molecular complexity index is 319. The quantitative estimate of drug-likeness (QED) is 0.493. The lowest BCUT2D eigenvalue weighted by molar-refractivity contribution is -0.259. The van der Waals surface area contributed by atoms with Crippen molar-refractivity contribution in [2.24, 2.45) is 5.73 Å². The van der Waals surface area contributed by atoms with Crippen LogP contribution in [-0.2, 0) is 23.8 Å². The highest BCUT2D eigenvalue weighted by Crippen LogP contribution is 2.21. The zero-order valence-corrected chi connectivity index (χ0v) is 10.1. The highest BCUT2D eigenvalue weighted by atomic mass is 16.7. The number of aliphatic hydroxyl groups is 2. The molecular formula is C10H17NO7. The van der Waals surface area contributed by atoms with Gasteiger partial charge in [-0.05, 0) is 0 Å². The van der Waals surface area contributed by atoms with Gasteiger partial charge in [0.15, 0.2) is 0 Å². The molecule has 0 spiro atoms. The molecule has 0 saturated carbocycles. The summed E-state index contributed by atoms with van der Waals surface area (Å²) in [5.74, 6) is -1.19. The van der Waals surface area contributed by atoms with Crippen LogP contribution >= 0.6 is 0 Å². The van der Waals surface area contributed by atoms with Crippen molar-refractivity contribution in [3.05, 3.63) is 0 Å². The largest absolute Gasteiger partial charge is 0.463 e. The zero-order valence-electron chi connectivity index (χ0n) is 10.1. The van der Waals surface area contributed by atoms with Gasteiger partial charge >= 0.3 is 11.9 Å². The van der Waals surface area contributed by atoms with Crippen LogP contribution in [0, 0.1) is 0 Å². The summed E-state index contributed by atoms with van der Waals surface area (Å²) < 4.78 is 14.6. The summed E-state index contributed by atoms with van der Waals surface area (Å²) in [5, 5.41) is 19.4. The number of carbonyl (C=O) groups excluding carboxylic acids is 2. The van der Waals surface area contributed by atoms with Crippen LogP contribution in [0.1, 0.15) is 13.8 Å². The molecule has 0 radical (unpaired) electrons. The van der Waals surface area contributed by atoms with Crippen LogP contribution < -0.4 is 5.73 Å². The van der Waals surface area contributed by atoms with E-state index in [0.717, 1.165) is 6.92 Å². The first-order chi connectivity index (χ1) is 8.32. The predicted molar refractivity (Wildman–Crippen MR) is 57.0 cm³/mol. The lowest BCUT2D eigenvalue weighted by Crippen LogP contribution is -2.62. The van der Waals surface area contributed by atoms with Gasteiger partial charge in [0, 0.05) is 13.8 Å². The maximum Gasteiger partial charge on any atom is 0.304 e. The second kappa shape index (κ2) is 6.10. The van der Waals surface area contributed by atoms with E-state index in [2.05, 4.69) is 4.74 Å². The highest BCUT2D eigenvalue weighted by Gasteiger charge is 2.44. The van der Waals surface area contributed by atoms with E-state index >= 15 is 0 Å². The van der Waals surface area contributed by atoms with Crippen molar-refractivity contribution in [1.82, 2.24) is 0 Å². The SMILES string of the molecule is CC(=O)OCC1O[C@@H](OC(C)=O)[C@@H](N)C(O)[C@H]1O. The second-order valence-corrected chi connectivity index (χ2v) is 4.01. The zero-order chi connectivity index (χ0) is 13.9. The molecule has 2 unspecified atom stereocenters. The molecular weight excluding hydrogens is 246 g/mol. The monoisotopic (exact) mass is 263 g/mol. The minimum Gasteiger partial charge on any atom is -0.463 e. The van der Waals surface area contributed by atoms with E-state index < -0.39 is 42.6 Å². The third-order valence-electron chi connectivity index (χ3n) is 2.48. The van der Waals surface area contributed by atoms with E-state index in [1.807, 2.05) is 0 Å². The average Bonchev–Trinajstić information content (AvgIpc) is 2.27. The molecule has 18 heavy (non-hydrogen) atoms. The number of nitrogens with two attached hydrogens (primary N) is 1. The normalized spacial score (nSPS) is 35.9. The van der Waals surface area contributed by atoms with Crippen LogP contribution in [0.3, 0.4) is 0 Å². The molecule has 1 aliphatic rings. The summed E-state index contributed by atoms with van der Waals surface area (Å²) in [4.78, 5) is 21.5. The van der Waals surface area contributed by atoms with Crippen LogP contribution in [0.2, 0.25) is 0 Å². The summed E-state index contributed by atoms with van der Waals surface area (Å²) >= 11 is 0. The molecule has 0 aromatic carbocycles. The molecule has 1 rings (SSSR count). The lowest BCUT2D eigenvalue weighted by atomic mass is 9.98. The molecule has 0 aromatic rings. The smallest absolute Gasteiger partial charge is 0.304 e. The third-order valence-corrected chi connectivity index (χ3v) is 2.48. The summed E-state index contributed by atoms with van der Waals surface area (Å²) in [5.41, 5.74) is 5.56. The predicted octanol–water partition coefficient (Wildman–Crippen LogP) is -2.11. The van der Waals surface area contributed by atoms with Gasteiger partial charge < -0.3 is 30.2 Å². The van der Waals surface area contributed by atoms with Gasteiger partial charge in [0.1, 0.15) is 24.9 Å². The van der Waals surface area contributed by atoms with Crippen molar-refractivity contribution in [3.63, 3.8) is 0 Å². The Balaban J connectivity index is 2.67. The molecule has 0 bridgehead atoms. The standard InChI is InChI=1S/C10H17NO7/c1-4(12)16-3-6-8(14)9(15)7(11)10(18-6)17-5(2)13/h6-10,14-15H,3,11H2,1-2H3/t6?,7-,8-,9?,10+/m0/s1. The Morgan fingerprint density at radius 3 is 2.33 bits per heavy atom. The number of aliphatic hydroxyl groups excluding tert-OH is 2. The van der Waals surface area contributed by atoms with Crippen LogP contribution in [0.5, 0.6) is 0 Å². The fraction of sp³-hybridized carbons (Fsp3) is 0.800. The van der Waals surface area contributed by atoms with Crippen molar-refractivity contribution < 1.29 is 34.0 Å². The lowest BCUT2D eigenvalue weighted by Gasteiger charge is -2.40. The van der Waals surface area contributed by atoms with Crippen LogP contribution in [0.15, 0.2) is 0 Å². The fourth-order valence-corrected chi connectivity index (χ4v) is 1.56. The molecule has 1 saturated heterocycles. The molecule has 0 aliphatic carbocycles. The average molecular weight is 263 g/mol. The Hall–Kier alpha value is -1.22. The molecule has 104 valence electrons. The topological polar surface area (TPSA) is 128 Å². The third kappa shape index (κ3) is 3.64. The Kier molecular flexibility index (Phi) is 5.03. The Labute approximate surface area is 104 Å². The first-order valence-electron chi connectivity index (χ1n) is 5.40. The molecule has 8 heteroatoms. The van der Waals surface area contributed by atoms with E-state index in [1.54, 1.807) is 0 Å². The van der Waals surface area contributed by atoms with Gasteiger partial charge in [-0.25, -0.2) is 0 Å². The molecule has 1 fully saturated rings. The Morgan fingerprint density at radius 1 is 1.22 bits per heavy atom. The number of esters is 2. The fourth-order valence-electron chi connectivity index (χ4n) is 1.56. The highest BCUT2D eigenvalue weighted by molar-refractivity contribution is 5.66. The van der Waals surface area contributed by atoms with E-state index in [9.17, 15) is 19.8 Å². The van der Waals surface area contributed by atoms with Crippen LogP contribution in [0.4, 0.5) is 0 Å². The van der Waals surface area contributed by atoms with Crippen LogP contribution in [-0.4, -0.2) is 59.4 Å². The van der Waals surface area contributed by atoms with Crippen LogP contribution in [0.25, 0.3) is 0 Å². The van der Waals surface area contributed by atoms with Gasteiger partial charge in [-0.3, -0.25) is 9.59 Å². The van der Waals surface area contributed by atoms with Gasteiger partial charge in [0.25, 0.3) is 0 Å². The maximum absolute atomic E-state index is 10.8. The van der Waals surface area contributed by atoms with Gasteiger partial charge in [-0.15, -0.1) is 0 Å².